The van der Waals surface area contributed by atoms with Gasteiger partial charge >= 0.3 is 19.5 Å². The monoisotopic (exact) mass is 356 g/mol. The highest BCUT2D eigenvalue weighted by atomic mass is 32.2. The van der Waals surface area contributed by atoms with E-state index in [1.165, 1.54) is 14.2 Å². The first-order chi connectivity index (χ1) is 9.93. The molecule has 1 aliphatic heterocycles. The summed E-state index contributed by atoms with van der Waals surface area (Å²) in [4.78, 5) is 23.6. The van der Waals surface area contributed by atoms with Crippen molar-refractivity contribution < 1.29 is 32.7 Å². The molecule has 0 N–H and O–H groups in total. The topological polar surface area (TPSA) is 88.1 Å². The smallest absolute Gasteiger partial charge is 0.354 e. The quantitative estimate of drug-likeness (QED) is 0.504. The zero-order valence-electron chi connectivity index (χ0n) is 12.1. The van der Waals surface area contributed by atoms with E-state index in [1.807, 2.05) is 0 Å². The van der Waals surface area contributed by atoms with E-state index in [4.69, 9.17) is 9.05 Å². The molecule has 0 atom stereocenters. The molecule has 0 spiro atoms. The molecule has 0 aromatic heterocycles. The molecule has 0 bridgehead atoms. The van der Waals surface area contributed by atoms with Gasteiger partial charge in [0.1, 0.15) is 9.81 Å². The van der Waals surface area contributed by atoms with Gasteiger partial charge in [-0.1, -0.05) is 23.5 Å². The summed E-state index contributed by atoms with van der Waals surface area (Å²) in [5.74, 6) is -1.37. The van der Waals surface area contributed by atoms with Crippen LogP contribution in [0.5, 0.6) is 0 Å². The minimum Gasteiger partial charge on any atom is -0.465 e. The highest BCUT2D eigenvalue weighted by Crippen LogP contribution is 2.67. The summed E-state index contributed by atoms with van der Waals surface area (Å²) in [7, 11) is -1.07. The number of carbonyl (C=O) groups is 2. The standard InChI is InChI=1S/C11H17O7PS2/c1-5-17-19(14,18-6-2)11-20-7(9(12)15-3)8(21-11)10(13)16-4/h11H,5-6H2,1-4H3. The SMILES string of the molecule is CCOP(=O)(OCC)C1SC(C(=O)OC)=C(C(=O)OC)S1. The van der Waals surface area contributed by atoms with Gasteiger partial charge in [-0.3, -0.25) is 4.57 Å². The van der Waals surface area contributed by atoms with Crippen molar-refractivity contribution in [2.24, 2.45) is 0 Å². The number of methoxy groups -OCH3 is 2. The van der Waals surface area contributed by atoms with Crippen molar-refractivity contribution in [3.8, 4) is 0 Å². The van der Waals surface area contributed by atoms with E-state index in [0.717, 1.165) is 23.5 Å². The van der Waals surface area contributed by atoms with E-state index in [9.17, 15) is 14.2 Å². The third-order valence-electron chi connectivity index (χ3n) is 2.26. The maximum absolute atomic E-state index is 12.7. The average molecular weight is 356 g/mol. The van der Waals surface area contributed by atoms with E-state index < -0.39 is 23.9 Å². The third kappa shape index (κ3) is 4.26. The number of hydrogen-bond acceptors (Lipinski definition) is 9. The molecule has 1 rings (SSSR count). The Kier molecular flexibility index (Phi) is 7.29. The van der Waals surface area contributed by atoms with Crippen LogP contribution >= 0.6 is 31.1 Å². The van der Waals surface area contributed by atoms with Gasteiger partial charge in [-0.25, -0.2) is 9.59 Å². The van der Waals surface area contributed by atoms with E-state index >= 15 is 0 Å². The molecule has 0 radical (unpaired) electrons. The van der Waals surface area contributed by atoms with Crippen LogP contribution in [-0.2, 0) is 32.7 Å². The average Bonchev–Trinajstić information content (AvgIpc) is 2.92. The number of thioether (sulfide) groups is 2. The van der Waals surface area contributed by atoms with Crippen LogP contribution in [0.15, 0.2) is 9.81 Å². The molecule has 0 fully saturated rings. The minimum absolute atomic E-state index is 0.0546. The minimum atomic E-state index is -3.47. The molecule has 0 aromatic rings. The van der Waals surface area contributed by atoms with Crippen LogP contribution in [0.4, 0.5) is 0 Å². The lowest BCUT2D eigenvalue weighted by atomic mass is 10.5. The van der Waals surface area contributed by atoms with Crippen molar-refractivity contribution in [1.82, 2.24) is 0 Å². The molecule has 10 heteroatoms. The Morgan fingerprint density at radius 3 is 1.67 bits per heavy atom. The molecule has 21 heavy (non-hydrogen) atoms. The molecule has 120 valence electrons. The molecule has 0 aromatic carbocycles. The Balaban J connectivity index is 3.06. The van der Waals surface area contributed by atoms with Gasteiger partial charge in [-0.2, -0.15) is 0 Å². The zero-order valence-corrected chi connectivity index (χ0v) is 14.6. The van der Waals surface area contributed by atoms with Crippen molar-refractivity contribution in [2.75, 3.05) is 27.4 Å². The zero-order chi connectivity index (χ0) is 16.0. The molecule has 0 amide bonds. The third-order valence-corrected chi connectivity index (χ3v) is 8.52. The van der Waals surface area contributed by atoms with Gasteiger partial charge in [0.2, 0.25) is 0 Å². The molecule has 1 heterocycles. The molecular formula is C11H17O7PS2. The Bertz CT molecular complexity index is 453. The lowest BCUT2D eigenvalue weighted by Gasteiger charge is -2.21. The number of ether oxygens (including phenoxy) is 2. The first-order valence-corrected chi connectivity index (χ1v) is 9.43. The van der Waals surface area contributed by atoms with Crippen molar-refractivity contribution in [2.45, 2.75) is 18.2 Å². The van der Waals surface area contributed by atoms with Crippen LogP contribution in [0.25, 0.3) is 0 Å². The lowest BCUT2D eigenvalue weighted by Crippen LogP contribution is -2.08. The second kappa shape index (κ2) is 8.24. The van der Waals surface area contributed by atoms with Crippen LogP contribution in [0.1, 0.15) is 13.8 Å². The van der Waals surface area contributed by atoms with Gasteiger partial charge in [-0.05, 0) is 13.8 Å². The van der Waals surface area contributed by atoms with E-state index in [2.05, 4.69) is 9.47 Å². The maximum Gasteiger partial charge on any atom is 0.354 e. The van der Waals surface area contributed by atoms with E-state index in [1.54, 1.807) is 13.8 Å². The van der Waals surface area contributed by atoms with E-state index in [0.29, 0.717) is 0 Å². The van der Waals surface area contributed by atoms with Gasteiger partial charge in [0.15, 0.2) is 4.32 Å². The van der Waals surface area contributed by atoms with Crippen molar-refractivity contribution >= 4 is 43.1 Å². The molecule has 0 unspecified atom stereocenters. The van der Waals surface area contributed by atoms with Crippen LogP contribution < -0.4 is 0 Å². The predicted molar refractivity (Wildman–Crippen MR) is 80.9 cm³/mol. The van der Waals surface area contributed by atoms with Gasteiger partial charge < -0.3 is 18.5 Å². The van der Waals surface area contributed by atoms with Gasteiger partial charge in [0, 0.05) is 0 Å². The normalized spacial score (nSPS) is 16.2. The Morgan fingerprint density at radius 1 is 1.00 bits per heavy atom. The second-order valence-electron chi connectivity index (χ2n) is 3.56. The predicted octanol–water partition coefficient (Wildman–Crippen LogP) is 2.57. The first-order valence-electron chi connectivity index (χ1n) is 6.06. The summed E-state index contributed by atoms with van der Waals surface area (Å²) in [6, 6.07) is 0. The fourth-order valence-electron chi connectivity index (χ4n) is 1.45. The van der Waals surface area contributed by atoms with Gasteiger partial charge in [0.05, 0.1) is 27.4 Å². The molecule has 0 aliphatic carbocycles. The summed E-state index contributed by atoms with van der Waals surface area (Å²) in [5, 5.41) is 0. The number of hydrogen-bond donors (Lipinski definition) is 0. The lowest BCUT2D eigenvalue weighted by molar-refractivity contribution is -0.138. The van der Waals surface area contributed by atoms with Gasteiger partial charge in [-0.15, -0.1) is 0 Å². The van der Waals surface area contributed by atoms with Crippen LogP contribution in [-0.4, -0.2) is 43.7 Å². The summed E-state index contributed by atoms with van der Waals surface area (Å²) < 4.78 is 31.7. The fraction of sp³-hybridized carbons (Fsp3) is 0.636. The van der Waals surface area contributed by atoms with Crippen LogP contribution in [0.3, 0.4) is 0 Å². The number of esters is 2. The Morgan fingerprint density at radius 2 is 1.38 bits per heavy atom. The van der Waals surface area contributed by atoms with Crippen molar-refractivity contribution in [3.63, 3.8) is 0 Å². The summed E-state index contributed by atoms with van der Waals surface area (Å²) >= 11 is 1.87. The molecule has 0 saturated heterocycles. The maximum atomic E-state index is 12.7. The molecule has 1 aliphatic rings. The van der Waals surface area contributed by atoms with Crippen molar-refractivity contribution in [3.05, 3.63) is 9.81 Å². The Hall–Kier alpha value is -0.470. The first kappa shape index (κ1) is 18.6. The van der Waals surface area contributed by atoms with Crippen molar-refractivity contribution in [1.29, 1.82) is 0 Å². The molecule has 0 saturated carbocycles. The summed E-state index contributed by atoms with van der Waals surface area (Å²) in [6.07, 6.45) is 0. The largest absolute Gasteiger partial charge is 0.465 e. The van der Waals surface area contributed by atoms with E-state index in [-0.39, 0.29) is 23.0 Å². The summed E-state index contributed by atoms with van der Waals surface area (Å²) in [6.45, 7) is 3.75. The van der Waals surface area contributed by atoms with Crippen LogP contribution in [0.2, 0.25) is 0 Å². The number of rotatable bonds is 7. The highest BCUT2D eigenvalue weighted by Gasteiger charge is 2.46. The fourth-order valence-corrected chi connectivity index (χ4v) is 7.08. The highest BCUT2D eigenvalue weighted by molar-refractivity contribution is 8.30. The molecular weight excluding hydrogens is 339 g/mol. The second-order valence-corrected chi connectivity index (χ2v) is 8.90. The number of carbonyl (C=O) groups excluding carboxylic acids is 2. The van der Waals surface area contributed by atoms with Gasteiger partial charge in [0.25, 0.3) is 0 Å². The molecule has 7 nitrogen and oxygen atoms in total. The van der Waals surface area contributed by atoms with Crippen LogP contribution in [0, 0.1) is 0 Å². The Labute approximate surface area is 131 Å². The summed E-state index contributed by atoms with van der Waals surface area (Å²) in [5.41, 5.74) is 0.